The molecule has 0 aliphatic carbocycles. The predicted octanol–water partition coefficient (Wildman–Crippen LogP) is 9.42. The summed E-state index contributed by atoms with van der Waals surface area (Å²) in [6.45, 7) is 4.72. The third kappa shape index (κ3) is 8.09. The van der Waals surface area contributed by atoms with Gasteiger partial charge >= 0.3 is 5.97 Å². The zero-order valence-corrected chi connectivity index (χ0v) is 33.2. The minimum atomic E-state index is -3.75. The van der Waals surface area contributed by atoms with Crippen molar-refractivity contribution < 1.29 is 22.7 Å². The number of esters is 1. The van der Waals surface area contributed by atoms with Gasteiger partial charge < -0.3 is 14.4 Å². The number of nitrogens with zero attached hydrogens (tertiary/aromatic N) is 1. The largest absolute Gasteiger partial charge is 0.490 e. The third-order valence-electron chi connectivity index (χ3n) is 10.6. The molecule has 6 rings (SSSR count). The second-order valence-corrected chi connectivity index (χ2v) is 16.8. The number of carbonyl (C=O) groups excluding carboxylic acids is 1. The molecule has 1 unspecified atom stereocenters. The highest BCUT2D eigenvalue weighted by Crippen LogP contribution is 2.47. The van der Waals surface area contributed by atoms with E-state index in [0.717, 1.165) is 53.0 Å². The summed E-state index contributed by atoms with van der Waals surface area (Å²) >= 11 is 1.48. The SMILES string of the molecule is CCCCC1(CC)CN(c2ccccc2)c2cc(SC)c(OC[C@H](NC(c3ccccc3)(c3ccccc3)c3ccccc3)C(=O)OC)cc2S(=O)(=O)C1. The topological polar surface area (TPSA) is 84.9 Å². The van der Waals surface area contributed by atoms with Crippen molar-refractivity contribution in [2.45, 2.75) is 60.9 Å². The number of para-hydroxylation sites is 1. The molecule has 0 saturated carbocycles. The fourth-order valence-corrected chi connectivity index (χ4v) is 10.4. The number of carbonyl (C=O) groups is 1. The maximum atomic E-state index is 14.5. The van der Waals surface area contributed by atoms with Crippen molar-refractivity contribution in [2.24, 2.45) is 5.41 Å². The van der Waals surface area contributed by atoms with Gasteiger partial charge in [0.2, 0.25) is 0 Å². The smallest absolute Gasteiger partial charge is 0.326 e. The second kappa shape index (κ2) is 17.3. The molecule has 0 saturated heterocycles. The Balaban J connectivity index is 1.44. The maximum Gasteiger partial charge on any atom is 0.326 e. The van der Waals surface area contributed by atoms with Crippen LogP contribution in [0.5, 0.6) is 5.75 Å². The van der Waals surface area contributed by atoms with Crippen molar-refractivity contribution in [3.05, 3.63) is 150 Å². The Kier molecular flexibility index (Phi) is 12.5. The minimum Gasteiger partial charge on any atom is -0.490 e. The summed E-state index contributed by atoms with van der Waals surface area (Å²) < 4.78 is 41.0. The van der Waals surface area contributed by atoms with Gasteiger partial charge in [-0.3, -0.25) is 10.1 Å². The van der Waals surface area contributed by atoms with E-state index in [1.807, 2.05) is 134 Å². The van der Waals surface area contributed by atoms with Gasteiger partial charge in [0.05, 0.1) is 33.9 Å². The number of rotatable bonds is 15. The molecule has 7 nitrogen and oxygen atoms in total. The van der Waals surface area contributed by atoms with Gasteiger partial charge in [0.1, 0.15) is 18.4 Å². The Morgan fingerprint density at radius 2 is 1.39 bits per heavy atom. The average Bonchev–Trinajstić information content (AvgIpc) is 3.32. The molecule has 9 heteroatoms. The molecule has 54 heavy (non-hydrogen) atoms. The summed E-state index contributed by atoms with van der Waals surface area (Å²) in [5, 5.41) is 3.70. The molecule has 1 N–H and O–H groups in total. The van der Waals surface area contributed by atoms with Crippen LogP contribution >= 0.6 is 11.8 Å². The van der Waals surface area contributed by atoms with Crippen LogP contribution in [0, 0.1) is 5.41 Å². The van der Waals surface area contributed by atoms with Gasteiger partial charge in [0.15, 0.2) is 9.84 Å². The maximum absolute atomic E-state index is 14.5. The lowest BCUT2D eigenvalue weighted by molar-refractivity contribution is -0.144. The van der Waals surface area contributed by atoms with Crippen molar-refractivity contribution >= 4 is 38.9 Å². The van der Waals surface area contributed by atoms with E-state index in [2.05, 4.69) is 24.1 Å². The van der Waals surface area contributed by atoms with E-state index in [1.165, 1.54) is 18.9 Å². The normalized spacial score (nSPS) is 17.2. The van der Waals surface area contributed by atoms with Gasteiger partial charge in [-0.05, 0) is 54.0 Å². The molecule has 0 radical (unpaired) electrons. The van der Waals surface area contributed by atoms with E-state index in [4.69, 9.17) is 9.47 Å². The van der Waals surface area contributed by atoms with Crippen molar-refractivity contribution in [2.75, 3.05) is 37.2 Å². The first-order valence-corrected chi connectivity index (χ1v) is 21.5. The van der Waals surface area contributed by atoms with E-state index in [9.17, 15) is 13.2 Å². The highest BCUT2D eigenvalue weighted by atomic mass is 32.2. The fraction of sp³-hybridized carbons (Fsp3) is 0.311. The quantitative estimate of drug-likeness (QED) is 0.0642. The van der Waals surface area contributed by atoms with Crippen LogP contribution < -0.4 is 15.0 Å². The van der Waals surface area contributed by atoms with Crippen LogP contribution in [0.15, 0.2) is 143 Å². The molecular weight excluding hydrogens is 713 g/mol. The number of anilines is 2. The number of fused-ring (bicyclic) bond motifs is 1. The molecule has 1 heterocycles. The fourth-order valence-electron chi connectivity index (χ4n) is 7.70. The van der Waals surface area contributed by atoms with E-state index >= 15 is 0 Å². The Bertz CT molecular complexity index is 2000. The number of sulfone groups is 1. The summed E-state index contributed by atoms with van der Waals surface area (Å²) in [5.74, 6) is -0.0599. The molecule has 282 valence electrons. The van der Waals surface area contributed by atoms with Gasteiger partial charge in [-0.1, -0.05) is 136 Å². The molecular formula is C45H50N2O5S2. The molecule has 0 bridgehead atoms. The van der Waals surface area contributed by atoms with Gasteiger partial charge in [0, 0.05) is 23.7 Å². The van der Waals surface area contributed by atoms with Crippen molar-refractivity contribution in [1.82, 2.24) is 5.32 Å². The van der Waals surface area contributed by atoms with Gasteiger partial charge in [-0.15, -0.1) is 11.8 Å². The highest BCUT2D eigenvalue weighted by molar-refractivity contribution is 7.98. The summed E-state index contributed by atoms with van der Waals surface area (Å²) in [7, 11) is -2.39. The number of hydrogen-bond donors (Lipinski definition) is 1. The summed E-state index contributed by atoms with van der Waals surface area (Å²) in [6, 6.07) is 42.7. The van der Waals surface area contributed by atoms with Gasteiger partial charge in [-0.25, -0.2) is 8.42 Å². The van der Waals surface area contributed by atoms with Crippen LogP contribution in [0.25, 0.3) is 0 Å². The highest BCUT2D eigenvalue weighted by Gasteiger charge is 2.43. The van der Waals surface area contributed by atoms with E-state index in [-0.39, 0.29) is 17.3 Å². The Hall–Kier alpha value is -4.57. The summed E-state index contributed by atoms with van der Waals surface area (Å²) in [5.41, 5.74) is 2.98. The molecule has 1 aliphatic rings. The first-order valence-electron chi connectivity index (χ1n) is 18.6. The number of unbranched alkanes of at least 4 members (excludes halogenated alkanes) is 1. The van der Waals surface area contributed by atoms with Crippen LogP contribution in [-0.4, -0.2) is 52.7 Å². The second-order valence-electron chi connectivity index (χ2n) is 14.0. The van der Waals surface area contributed by atoms with Crippen LogP contribution in [0.2, 0.25) is 0 Å². The van der Waals surface area contributed by atoms with Gasteiger partial charge in [0.25, 0.3) is 0 Å². The zero-order chi connectivity index (χ0) is 38.2. The molecule has 0 fully saturated rings. The van der Waals surface area contributed by atoms with E-state index in [1.54, 1.807) is 6.07 Å². The number of hydrogen-bond acceptors (Lipinski definition) is 8. The number of ether oxygens (including phenoxy) is 2. The van der Waals surface area contributed by atoms with Crippen LogP contribution in [0.1, 0.15) is 56.2 Å². The van der Waals surface area contributed by atoms with E-state index < -0.39 is 32.8 Å². The Morgan fingerprint density at radius 1 is 0.852 bits per heavy atom. The van der Waals surface area contributed by atoms with Crippen LogP contribution in [0.4, 0.5) is 11.4 Å². The molecule has 0 spiro atoms. The molecule has 0 aromatic heterocycles. The Labute approximate surface area is 325 Å². The summed E-state index contributed by atoms with van der Waals surface area (Å²) in [6.07, 6.45) is 5.44. The first kappa shape index (κ1) is 39.1. The van der Waals surface area contributed by atoms with Crippen molar-refractivity contribution in [3.8, 4) is 5.75 Å². The monoisotopic (exact) mass is 762 g/mol. The number of methoxy groups -OCH3 is 1. The van der Waals surface area contributed by atoms with Crippen LogP contribution in [-0.2, 0) is 24.9 Å². The number of thioether (sulfide) groups is 1. The zero-order valence-electron chi connectivity index (χ0n) is 31.5. The lowest BCUT2D eigenvalue weighted by Gasteiger charge is -2.39. The standard InChI is InChI=1S/C45H50N2O5S2/c1-5-7-28-44(6-2)32-47(37-26-18-11-19-27-37)39-29-41(53-4)40(30-42(39)54(49,50)33-44)52-31-38(43(48)51-3)46-45(34-20-12-8-13-21-34,35-22-14-9-15-23-35)36-24-16-10-17-25-36/h8-27,29-30,38,46H,5-7,28,31-33H2,1-4H3/t38-,44?/m0/s1. The predicted molar refractivity (Wildman–Crippen MR) is 220 cm³/mol. The Morgan fingerprint density at radius 3 is 1.87 bits per heavy atom. The van der Waals surface area contributed by atoms with Crippen molar-refractivity contribution in [3.63, 3.8) is 0 Å². The third-order valence-corrected chi connectivity index (χ3v) is 13.4. The first-order chi connectivity index (χ1) is 26.2. The molecule has 5 aromatic rings. The lowest BCUT2D eigenvalue weighted by Crippen LogP contribution is -2.55. The molecule has 5 aromatic carbocycles. The van der Waals surface area contributed by atoms with Gasteiger partial charge in [-0.2, -0.15) is 0 Å². The van der Waals surface area contributed by atoms with Crippen LogP contribution in [0.3, 0.4) is 0 Å². The van der Waals surface area contributed by atoms with Crippen molar-refractivity contribution in [1.29, 1.82) is 0 Å². The lowest BCUT2D eigenvalue weighted by atomic mass is 9.76. The summed E-state index contributed by atoms with van der Waals surface area (Å²) in [4.78, 5) is 16.9. The average molecular weight is 763 g/mol. The molecule has 0 amide bonds. The molecule has 1 aliphatic heterocycles. The number of benzene rings is 5. The number of nitrogens with one attached hydrogen (secondary N) is 1. The minimum absolute atomic E-state index is 0.0466. The molecule has 2 atom stereocenters. The van der Waals surface area contributed by atoms with E-state index in [0.29, 0.717) is 18.0 Å².